The van der Waals surface area contributed by atoms with E-state index in [9.17, 15) is 8.42 Å². The van der Waals surface area contributed by atoms with E-state index in [0.29, 0.717) is 5.56 Å². The fraction of sp³-hybridized carbons (Fsp3) is 0.188. The van der Waals surface area contributed by atoms with Gasteiger partial charge in [-0.1, -0.05) is 24.3 Å². The second kappa shape index (κ2) is 5.68. The number of aryl methyl sites for hydroxylation is 1. The van der Waals surface area contributed by atoms with Crippen LogP contribution in [0.15, 0.2) is 47.4 Å². The molecule has 0 unspecified atom stereocenters. The Bertz CT molecular complexity index is 801. The van der Waals surface area contributed by atoms with Crippen LogP contribution in [0.1, 0.15) is 11.1 Å². The molecule has 4 nitrogen and oxygen atoms in total. The molecule has 2 aromatic rings. The maximum Gasteiger partial charge on any atom is 0.242 e. The van der Waals surface area contributed by atoms with Crippen LogP contribution in [0.25, 0.3) is 11.1 Å². The third-order valence-electron chi connectivity index (χ3n) is 3.31. The standard InChI is InChI=1S/C16H16N2O2S/c1-12-10-14(4-5-15(12)11-17)13-6-8-16(9-7-13)21(19,20)18(2)3/h4-10H,1-3H3. The van der Waals surface area contributed by atoms with E-state index in [4.69, 9.17) is 5.26 Å². The van der Waals surface area contributed by atoms with Crippen LogP contribution in [-0.2, 0) is 10.0 Å². The molecule has 0 N–H and O–H groups in total. The van der Waals surface area contributed by atoms with Gasteiger partial charge in [-0.05, 0) is 41.8 Å². The largest absolute Gasteiger partial charge is 0.242 e. The summed E-state index contributed by atoms with van der Waals surface area (Å²) in [6.07, 6.45) is 0. The lowest BCUT2D eigenvalue weighted by molar-refractivity contribution is 0.521. The summed E-state index contributed by atoms with van der Waals surface area (Å²) in [6, 6.07) is 14.4. The summed E-state index contributed by atoms with van der Waals surface area (Å²) in [5.74, 6) is 0. The van der Waals surface area contributed by atoms with Crippen molar-refractivity contribution in [3.8, 4) is 17.2 Å². The highest BCUT2D eigenvalue weighted by Crippen LogP contribution is 2.24. The molecule has 0 fully saturated rings. The first-order chi connectivity index (χ1) is 9.86. The molecule has 108 valence electrons. The van der Waals surface area contributed by atoms with Crippen LogP contribution >= 0.6 is 0 Å². The zero-order valence-electron chi connectivity index (χ0n) is 12.2. The van der Waals surface area contributed by atoms with E-state index >= 15 is 0 Å². The van der Waals surface area contributed by atoms with Gasteiger partial charge >= 0.3 is 0 Å². The average molecular weight is 300 g/mol. The molecule has 0 bridgehead atoms. The van der Waals surface area contributed by atoms with Crippen molar-refractivity contribution in [2.24, 2.45) is 0 Å². The minimum Gasteiger partial charge on any atom is -0.207 e. The Morgan fingerprint density at radius 3 is 2.05 bits per heavy atom. The molecule has 0 aliphatic rings. The van der Waals surface area contributed by atoms with Gasteiger partial charge in [-0.3, -0.25) is 0 Å². The average Bonchev–Trinajstić information content (AvgIpc) is 2.47. The summed E-state index contributed by atoms with van der Waals surface area (Å²) in [4.78, 5) is 0.265. The Balaban J connectivity index is 2.41. The highest BCUT2D eigenvalue weighted by atomic mass is 32.2. The monoisotopic (exact) mass is 300 g/mol. The van der Waals surface area contributed by atoms with Gasteiger partial charge in [-0.15, -0.1) is 0 Å². The Hall–Kier alpha value is -2.16. The Morgan fingerprint density at radius 1 is 1.00 bits per heavy atom. The molecular weight excluding hydrogens is 284 g/mol. The van der Waals surface area contributed by atoms with Crippen molar-refractivity contribution in [3.63, 3.8) is 0 Å². The van der Waals surface area contributed by atoms with Crippen LogP contribution in [0.4, 0.5) is 0 Å². The van der Waals surface area contributed by atoms with Crippen molar-refractivity contribution in [2.45, 2.75) is 11.8 Å². The summed E-state index contributed by atoms with van der Waals surface area (Å²) < 4.78 is 25.2. The van der Waals surface area contributed by atoms with E-state index in [0.717, 1.165) is 16.7 Å². The smallest absolute Gasteiger partial charge is 0.207 e. The van der Waals surface area contributed by atoms with E-state index in [-0.39, 0.29) is 4.90 Å². The number of nitriles is 1. The third-order valence-corrected chi connectivity index (χ3v) is 5.14. The minimum absolute atomic E-state index is 0.265. The Kier molecular flexibility index (Phi) is 4.12. The number of nitrogens with zero attached hydrogens (tertiary/aromatic N) is 2. The van der Waals surface area contributed by atoms with Gasteiger partial charge in [0.05, 0.1) is 16.5 Å². The summed E-state index contributed by atoms with van der Waals surface area (Å²) in [5.41, 5.74) is 3.42. The van der Waals surface area contributed by atoms with Gasteiger partial charge < -0.3 is 0 Å². The quantitative estimate of drug-likeness (QED) is 0.875. The van der Waals surface area contributed by atoms with Crippen molar-refractivity contribution in [3.05, 3.63) is 53.6 Å². The number of rotatable bonds is 3. The summed E-state index contributed by atoms with van der Waals surface area (Å²) in [5, 5.41) is 8.94. The molecule has 0 aliphatic heterocycles. The van der Waals surface area contributed by atoms with Crippen LogP contribution in [0.2, 0.25) is 0 Å². The first-order valence-electron chi connectivity index (χ1n) is 6.40. The van der Waals surface area contributed by atoms with Crippen LogP contribution in [-0.4, -0.2) is 26.8 Å². The SMILES string of the molecule is Cc1cc(-c2ccc(S(=O)(=O)N(C)C)cc2)ccc1C#N. The van der Waals surface area contributed by atoms with Gasteiger partial charge in [0.1, 0.15) is 0 Å². The van der Waals surface area contributed by atoms with E-state index in [2.05, 4.69) is 6.07 Å². The molecule has 0 heterocycles. The van der Waals surface area contributed by atoms with E-state index in [1.165, 1.54) is 18.4 Å². The van der Waals surface area contributed by atoms with Crippen molar-refractivity contribution >= 4 is 10.0 Å². The zero-order chi connectivity index (χ0) is 15.6. The number of sulfonamides is 1. The second-order valence-corrected chi connectivity index (χ2v) is 7.11. The number of benzene rings is 2. The molecule has 0 aromatic heterocycles. The maximum atomic E-state index is 12.0. The van der Waals surface area contributed by atoms with Crippen LogP contribution in [0, 0.1) is 18.3 Å². The number of hydrogen-bond donors (Lipinski definition) is 0. The van der Waals surface area contributed by atoms with Crippen LogP contribution in [0.3, 0.4) is 0 Å². The number of hydrogen-bond acceptors (Lipinski definition) is 3. The predicted molar refractivity (Wildman–Crippen MR) is 82.2 cm³/mol. The van der Waals surface area contributed by atoms with E-state index < -0.39 is 10.0 Å². The fourth-order valence-corrected chi connectivity index (χ4v) is 2.90. The van der Waals surface area contributed by atoms with Crippen molar-refractivity contribution in [1.82, 2.24) is 4.31 Å². The first-order valence-corrected chi connectivity index (χ1v) is 7.84. The molecule has 0 saturated carbocycles. The molecule has 0 amide bonds. The highest BCUT2D eigenvalue weighted by Gasteiger charge is 2.16. The lowest BCUT2D eigenvalue weighted by Crippen LogP contribution is -2.22. The van der Waals surface area contributed by atoms with Crippen molar-refractivity contribution < 1.29 is 8.42 Å². The second-order valence-electron chi connectivity index (χ2n) is 4.95. The minimum atomic E-state index is -3.40. The lowest BCUT2D eigenvalue weighted by Gasteiger charge is -2.12. The molecule has 2 aromatic carbocycles. The fourth-order valence-electron chi connectivity index (χ4n) is 2.00. The van der Waals surface area contributed by atoms with Crippen molar-refractivity contribution in [1.29, 1.82) is 5.26 Å². The first kappa shape index (κ1) is 15.2. The molecule has 2 rings (SSSR count). The van der Waals surface area contributed by atoms with Crippen LogP contribution in [0.5, 0.6) is 0 Å². The molecule has 0 aliphatic carbocycles. The molecule has 0 atom stereocenters. The van der Waals surface area contributed by atoms with E-state index in [1.54, 1.807) is 30.3 Å². The predicted octanol–water partition coefficient (Wildman–Crippen LogP) is 2.78. The normalized spacial score (nSPS) is 11.4. The van der Waals surface area contributed by atoms with Gasteiger partial charge in [0, 0.05) is 14.1 Å². The molecule has 21 heavy (non-hydrogen) atoms. The van der Waals surface area contributed by atoms with E-state index in [1.807, 2.05) is 19.1 Å². The van der Waals surface area contributed by atoms with Crippen molar-refractivity contribution in [2.75, 3.05) is 14.1 Å². The van der Waals surface area contributed by atoms with Gasteiger partial charge in [-0.25, -0.2) is 12.7 Å². The summed E-state index contributed by atoms with van der Waals surface area (Å²) in [6.45, 7) is 1.88. The van der Waals surface area contributed by atoms with Gasteiger partial charge in [0.15, 0.2) is 0 Å². The van der Waals surface area contributed by atoms with Gasteiger partial charge in [0.2, 0.25) is 10.0 Å². The molecular formula is C16H16N2O2S. The Labute approximate surface area is 125 Å². The molecule has 0 saturated heterocycles. The topological polar surface area (TPSA) is 61.2 Å². The van der Waals surface area contributed by atoms with Gasteiger partial charge in [0.25, 0.3) is 0 Å². The lowest BCUT2D eigenvalue weighted by atomic mass is 10.0. The summed E-state index contributed by atoms with van der Waals surface area (Å²) >= 11 is 0. The zero-order valence-corrected chi connectivity index (χ0v) is 13.0. The molecule has 5 heteroatoms. The molecule has 0 spiro atoms. The van der Waals surface area contributed by atoms with Crippen LogP contribution < -0.4 is 0 Å². The summed E-state index contributed by atoms with van der Waals surface area (Å²) in [7, 11) is -0.390. The highest BCUT2D eigenvalue weighted by molar-refractivity contribution is 7.89. The maximum absolute atomic E-state index is 12.0. The Morgan fingerprint density at radius 2 is 1.57 bits per heavy atom. The third kappa shape index (κ3) is 2.97. The molecule has 0 radical (unpaired) electrons. The van der Waals surface area contributed by atoms with Gasteiger partial charge in [-0.2, -0.15) is 5.26 Å².